The van der Waals surface area contributed by atoms with Crippen LogP contribution in [0.1, 0.15) is 19.8 Å². The van der Waals surface area contributed by atoms with Crippen LogP contribution in [-0.4, -0.2) is 91.8 Å². The Morgan fingerprint density at radius 3 is 2.43 bits per heavy atom. The van der Waals surface area contributed by atoms with Crippen molar-refractivity contribution in [1.29, 1.82) is 0 Å². The van der Waals surface area contributed by atoms with E-state index in [-0.39, 0.29) is 6.03 Å². The number of ether oxygens (including phenoxy) is 1. The fourth-order valence-electron chi connectivity index (χ4n) is 3.40. The lowest BCUT2D eigenvalue weighted by Gasteiger charge is -2.48. The number of urea groups is 1. The molecule has 3 rings (SSSR count). The van der Waals surface area contributed by atoms with Crippen LogP contribution in [0.25, 0.3) is 0 Å². The average molecular weight is 296 g/mol. The summed E-state index contributed by atoms with van der Waals surface area (Å²) in [5.41, 5.74) is 0. The number of likely N-dealkylation sites (tertiary alicyclic amines) is 1. The van der Waals surface area contributed by atoms with Crippen LogP contribution in [0.4, 0.5) is 4.79 Å². The Labute approximate surface area is 127 Å². The molecule has 21 heavy (non-hydrogen) atoms. The molecule has 0 aromatic carbocycles. The van der Waals surface area contributed by atoms with Crippen molar-refractivity contribution in [3.8, 4) is 0 Å². The third kappa shape index (κ3) is 3.67. The quantitative estimate of drug-likeness (QED) is 0.808. The van der Waals surface area contributed by atoms with Crippen molar-refractivity contribution >= 4 is 6.03 Å². The predicted octanol–water partition coefficient (Wildman–Crippen LogP) is 0.197. The summed E-state index contributed by atoms with van der Waals surface area (Å²) in [6.07, 6.45) is 1.89. The molecule has 0 radical (unpaired) electrons. The van der Waals surface area contributed by atoms with Gasteiger partial charge in [-0.25, -0.2) is 4.79 Å². The summed E-state index contributed by atoms with van der Waals surface area (Å²) in [5.74, 6) is 0. The molecular formula is C15H28N4O2. The second-order valence-corrected chi connectivity index (χ2v) is 6.37. The van der Waals surface area contributed by atoms with E-state index in [9.17, 15) is 4.79 Å². The van der Waals surface area contributed by atoms with E-state index in [1.165, 1.54) is 13.1 Å². The Bertz CT molecular complexity index is 346. The van der Waals surface area contributed by atoms with Crippen LogP contribution >= 0.6 is 0 Å². The Hall–Kier alpha value is -0.850. The van der Waals surface area contributed by atoms with Gasteiger partial charge in [-0.15, -0.1) is 0 Å². The number of piperazine rings is 1. The van der Waals surface area contributed by atoms with Crippen LogP contribution < -0.4 is 5.32 Å². The fraction of sp³-hybridized carbons (Fsp3) is 0.933. The zero-order valence-electron chi connectivity index (χ0n) is 13.1. The van der Waals surface area contributed by atoms with Gasteiger partial charge in [0.2, 0.25) is 0 Å². The molecule has 1 N–H and O–H groups in total. The van der Waals surface area contributed by atoms with Crippen molar-refractivity contribution in [2.45, 2.75) is 31.8 Å². The van der Waals surface area contributed by atoms with E-state index in [2.05, 4.69) is 22.0 Å². The number of rotatable bonds is 3. The maximum absolute atomic E-state index is 12.2. The van der Waals surface area contributed by atoms with E-state index in [1.54, 1.807) is 0 Å². The zero-order chi connectivity index (χ0) is 14.7. The highest BCUT2D eigenvalue weighted by atomic mass is 16.5. The lowest BCUT2D eigenvalue weighted by Crippen LogP contribution is -2.66. The first kappa shape index (κ1) is 15.1. The molecule has 0 unspecified atom stereocenters. The molecule has 3 saturated heterocycles. The predicted molar refractivity (Wildman–Crippen MR) is 81.4 cm³/mol. The molecule has 3 aliphatic heterocycles. The van der Waals surface area contributed by atoms with Crippen LogP contribution in [0.2, 0.25) is 0 Å². The number of nitrogens with one attached hydrogen (secondary N) is 1. The van der Waals surface area contributed by atoms with Gasteiger partial charge in [0.05, 0.1) is 0 Å². The molecule has 3 fully saturated rings. The van der Waals surface area contributed by atoms with Gasteiger partial charge < -0.3 is 19.9 Å². The molecular weight excluding hydrogens is 268 g/mol. The highest BCUT2D eigenvalue weighted by Crippen LogP contribution is 2.17. The second kappa shape index (κ2) is 6.94. The molecule has 0 aliphatic carbocycles. The molecule has 0 bridgehead atoms. The third-order valence-corrected chi connectivity index (χ3v) is 5.07. The van der Waals surface area contributed by atoms with Gasteiger partial charge in [-0.1, -0.05) is 6.92 Å². The van der Waals surface area contributed by atoms with E-state index in [0.717, 1.165) is 58.8 Å². The third-order valence-electron chi connectivity index (χ3n) is 5.07. The number of carbonyl (C=O) groups excluding carboxylic acids is 1. The van der Waals surface area contributed by atoms with E-state index in [1.807, 2.05) is 4.90 Å². The number of likely N-dealkylation sites (N-methyl/N-ethyl adjacent to an activating group) is 1. The van der Waals surface area contributed by atoms with E-state index >= 15 is 0 Å². The van der Waals surface area contributed by atoms with Gasteiger partial charge in [0.25, 0.3) is 0 Å². The Balaban J connectivity index is 1.36. The van der Waals surface area contributed by atoms with Crippen molar-refractivity contribution < 1.29 is 9.53 Å². The molecule has 0 aromatic rings. The lowest BCUT2D eigenvalue weighted by molar-refractivity contribution is 0.0216. The molecule has 2 amide bonds. The highest BCUT2D eigenvalue weighted by molar-refractivity contribution is 5.75. The van der Waals surface area contributed by atoms with Crippen molar-refractivity contribution in [2.24, 2.45) is 0 Å². The maximum Gasteiger partial charge on any atom is 0.317 e. The highest BCUT2D eigenvalue weighted by Gasteiger charge is 2.36. The van der Waals surface area contributed by atoms with Crippen LogP contribution in [0.15, 0.2) is 0 Å². The van der Waals surface area contributed by atoms with Gasteiger partial charge in [0.15, 0.2) is 0 Å². The molecule has 3 aliphatic rings. The van der Waals surface area contributed by atoms with E-state index in [4.69, 9.17) is 4.74 Å². The summed E-state index contributed by atoms with van der Waals surface area (Å²) in [7, 11) is 0. The molecule has 0 atom stereocenters. The van der Waals surface area contributed by atoms with Crippen LogP contribution in [-0.2, 0) is 4.74 Å². The van der Waals surface area contributed by atoms with Gasteiger partial charge >= 0.3 is 6.03 Å². The minimum atomic E-state index is 0.116. The van der Waals surface area contributed by atoms with Gasteiger partial charge in [0, 0.05) is 64.6 Å². The first-order chi connectivity index (χ1) is 10.3. The SMILES string of the molecule is CCN1CCN(C2CN(C(=O)NC3CCOCC3)C2)CC1. The first-order valence-electron chi connectivity index (χ1n) is 8.36. The molecule has 6 nitrogen and oxygen atoms in total. The Kier molecular flexibility index (Phi) is 4.98. The van der Waals surface area contributed by atoms with Gasteiger partial charge in [-0.2, -0.15) is 0 Å². The van der Waals surface area contributed by atoms with Gasteiger partial charge in [-0.3, -0.25) is 4.90 Å². The minimum absolute atomic E-state index is 0.116. The number of amides is 2. The number of carbonyl (C=O) groups is 1. The maximum atomic E-state index is 12.2. The molecule has 0 aromatic heterocycles. The largest absolute Gasteiger partial charge is 0.381 e. The van der Waals surface area contributed by atoms with Gasteiger partial charge in [-0.05, 0) is 19.4 Å². The smallest absolute Gasteiger partial charge is 0.317 e. The first-order valence-corrected chi connectivity index (χ1v) is 8.36. The normalized spacial score (nSPS) is 26.6. The zero-order valence-corrected chi connectivity index (χ0v) is 13.1. The molecule has 3 heterocycles. The van der Waals surface area contributed by atoms with E-state index in [0.29, 0.717) is 12.1 Å². The number of hydrogen-bond donors (Lipinski definition) is 1. The summed E-state index contributed by atoms with van der Waals surface area (Å²) in [6, 6.07) is 0.994. The van der Waals surface area contributed by atoms with Crippen LogP contribution in [0.3, 0.4) is 0 Å². The van der Waals surface area contributed by atoms with Crippen molar-refractivity contribution in [3.05, 3.63) is 0 Å². The van der Waals surface area contributed by atoms with E-state index < -0.39 is 0 Å². The monoisotopic (exact) mass is 296 g/mol. The van der Waals surface area contributed by atoms with Crippen molar-refractivity contribution in [2.75, 3.05) is 59.0 Å². The molecule has 0 spiro atoms. The molecule has 120 valence electrons. The molecule has 6 heteroatoms. The number of nitrogens with zero attached hydrogens (tertiary/aromatic N) is 3. The fourth-order valence-corrected chi connectivity index (χ4v) is 3.40. The Morgan fingerprint density at radius 1 is 1.14 bits per heavy atom. The topological polar surface area (TPSA) is 48.0 Å². The standard InChI is InChI=1S/C15H28N4O2/c1-2-17-5-7-18(8-6-17)14-11-19(12-14)15(20)16-13-3-9-21-10-4-13/h13-14H,2-12H2,1H3,(H,16,20). The minimum Gasteiger partial charge on any atom is -0.381 e. The van der Waals surface area contributed by atoms with Crippen molar-refractivity contribution in [3.63, 3.8) is 0 Å². The van der Waals surface area contributed by atoms with Gasteiger partial charge in [0.1, 0.15) is 0 Å². The second-order valence-electron chi connectivity index (χ2n) is 6.37. The number of hydrogen-bond acceptors (Lipinski definition) is 4. The molecule has 0 saturated carbocycles. The van der Waals surface area contributed by atoms with Crippen LogP contribution in [0, 0.1) is 0 Å². The average Bonchev–Trinajstić information content (AvgIpc) is 2.47. The summed E-state index contributed by atoms with van der Waals surface area (Å²) in [6.45, 7) is 11.3. The van der Waals surface area contributed by atoms with Crippen molar-refractivity contribution in [1.82, 2.24) is 20.0 Å². The Morgan fingerprint density at radius 2 is 1.81 bits per heavy atom. The lowest BCUT2D eigenvalue weighted by atomic mass is 10.1. The summed E-state index contributed by atoms with van der Waals surface area (Å²) in [5, 5.41) is 3.14. The van der Waals surface area contributed by atoms with Crippen LogP contribution in [0.5, 0.6) is 0 Å². The summed E-state index contributed by atoms with van der Waals surface area (Å²) >= 11 is 0. The summed E-state index contributed by atoms with van der Waals surface area (Å²) < 4.78 is 5.32. The summed E-state index contributed by atoms with van der Waals surface area (Å²) in [4.78, 5) is 19.2.